The molecule has 3 heterocycles. The first-order valence-electron chi connectivity index (χ1n) is 12.2. The van der Waals surface area contributed by atoms with Crippen LogP contribution in [0.1, 0.15) is 42.1 Å². The highest BCUT2D eigenvalue weighted by atomic mass is 79.9. The van der Waals surface area contributed by atoms with E-state index in [1.54, 1.807) is 36.4 Å². The molecule has 2 saturated heterocycles. The number of rotatable bonds is 6. The van der Waals surface area contributed by atoms with E-state index in [0.717, 1.165) is 63.4 Å². The number of benzene rings is 2. The van der Waals surface area contributed by atoms with Crippen LogP contribution in [0.25, 0.3) is 17.0 Å². The summed E-state index contributed by atoms with van der Waals surface area (Å²) in [6.45, 7) is 2.75. The zero-order chi connectivity index (χ0) is 26.1. The number of fused-ring (bicyclic) bond motifs is 1. The summed E-state index contributed by atoms with van der Waals surface area (Å²) in [7, 11) is 0. The number of amides is 3. The number of hydrogen-bond donors (Lipinski definition) is 0. The van der Waals surface area contributed by atoms with E-state index >= 15 is 0 Å². The topological polar surface area (TPSA) is 79.7 Å². The summed E-state index contributed by atoms with van der Waals surface area (Å²) in [5, 5.41) is 0.390. The Balaban J connectivity index is 1.41. The molecule has 0 bridgehead atoms. The molecule has 2 fully saturated rings. The van der Waals surface area contributed by atoms with E-state index in [2.05, 4.69) is 22.9 Å². The summed E-state index contributed by atoms with van der Waals surface area (Å²) in [6.07, 6.45) is 6.70. The number of carbonyl (C=O) groups is 4. The SMILES string of the molecule is C[C@H]1CCCCN1C(=O)Cn1cc(/C=C2\SC(=O)N(CC(=O)c3ccccc3)C2=O)c2cc(Br)ccc21. The molecule has 2 aromatic carbocycles. The maximum atomic E-state index is 13.1. The third-order valence-corrected chi connectivity index (χ3v) is 8.26. The molecule has 3 aromatic rings. The first-order chi connectivity index (χ1) is 17.8. The summed E-state index contributed by atoms with van der Waals surface area (Å²) < 4.78 is 2.77. The Hall–Kier alpha value is -3.17. The fourth-order valence-electron chi connectivity index (χ4n) is 4.88. The number of piperidine rings is 1. The minimum absolute atomic E-state index is 0.0679. The van der Waals surface area contributed by atoms with Crippen LogP contribution in [0.4, 0.5) is 4.79 Å². The lowest BCUT2D eigenvalue weighted by Crippen LogP contribution is -2.43. The van der Waals surface area contributed by atoms with Crippen molar-refractivity contribution in [3.8, 4) is 0 Å². The molecule has 0 saturated carbocycles. The van der Waals surface area contributed by atoms with Crippen molar-refractivity contribution in [1.29, 1.82) is 0 Å². The minimum atomic E-state index is -0.492. The third-order valence-electron chi connectivity index (χ3n) is 6.86. The Morgan fingerprint density at radius 1 is 1.08 bits per heavy atom. The summed E-state index contributed by atoms with van der Waals surface area (Å²) in [6, 6.07) is 14.6. The van der Waals surface area contributed by atoms with Crippen molar-refractivity contribution >= 4 is 67.5 Å². The molecule has 0 unspecified atom stereocenters. The minimum Gasteiger partial charge on any atom is -0.338 e. The second-order valence-electron chi connectivity index (χ2n) is 9.36. The van der Waals surface area contributed by atoms with Crippen LogP contribution >= 0.6 is 27.7 Å². The fourth-order valence-corrected chi connectivity index (χ4v) is 6.07. The van der Waals surface area contributed by atoms with Gasteiger partial charge >= 0.3 is 0 Å². The van der Waals surface area contributed by atoms with E-state index in [0.29, 0.717) is 5.56 Å². The van der Waals surface area contributed by atoms with Gasteiger partial charge in [0.25, 0.3) is 11.1 Å². The van der Waals surface area contributed by atoms with E-state index in [-0.39, 0.29) is 35.7 Å². The number of likely N-dealkylation sites (tertiary alicyclic amines) is 1. The Bertz CT molecular complexity index is 1430. The van der Waals surface area contributed by atoms with Crippen molar-refractivity contribution in [3.05, 3.63) is 75.2 Å². The van der Waals surface area contributed by atoms with Gasteiger partial charge in [0.1, 0.15) is 6.54 Å². The van der Waals surface area contributed by atoms with E-state index in [1.165, 1.54) is 0 Å². The molecule has 0 N–H and O–H groups in total. The van der Waals surface area contributed by atoms with Crippen LogP contribution in [0.2, 0.25) is 0 Å². The van der Waals surface area contributed by atoms with Crippen LogP contribution in [-0.2, 0) is 16.1 Å². The van der Waals surface area contributed by atoms with Crippen molar-refractivity contribution in [3.63, 3.8) is 0 Å². The molecule has 1 atom stereocenters. The Morgan fingerprint density at radius 2 is 1.86 bits per heavy atom. The first-order valence-corrected chi connectivity index (χ1v) is 13.8. The van der Waals surface area contributed by atoms with Crippen molar-refractivity contribution in [1.82, 2.24) is 14.4 Å². The number of Topliss-reactive ketones (excluding diaryl/α,β-unsaturated/α-hetero) is 1. The van der Waals surface area contributed by atoms with Gasteiger partial charge in [-0.25, -0.2) is 0 Å². The van der Waals surface area contributed by atoms with Gasteiger partial charge < -0.3 is 9.47 Å². The molecule has 5 rings (SSSR count). The molecule has 0 aliphatic carbocycles. The average Bonchev–Trinajstić information content (AvgIpc) is 3.35. The summed E-state index contributed by atoms with van der Waals surface area (Å²) in [5.41, 5.74) is 2.05. The molecule has 0 radical (unpaired) electrons. The standard InChI is InChI=1S/C28H26BrN3O4S/c1-18-7-5-6-12-31(18)26(34)17-30-15-20(22-14-21(29)10-11-23(22)30)13-25-27(35)32(28(36)37-25)16-24(33)19-8-3-2-4-9-19/h2-4,8-11,13-15,18H,5-7,12,16-17H2,1H3/b25-13-/t18-/m0/s1. The Kier molecular flexibility index (Phi) is 7.35. The molecule has 1 aromatic heterocycles. The van der Waals surface area contributed by atoms with Gasteiger partial charge in [0.2, 0.25) is 5.91 Å². The highest BCUT2D eigenvalue weighted by Gasteiger charge is 2.36. The van der Waals surface area contributed by atoms with Crippen molar-refractivity contribution in [2.45, 2.75) is 38.8 Å². The van der Waals surface area contributed by atoms with Gasteiger partial charge in [-0.2, -0.15) is 0 Å². The van der Waals surface area contributed by atoms with Crippen molar-refractivity contribution in [2.24, 2.45) is 0 Å². The van der Waals surface area contributed by atoms with E-state index in [9.17, 15) is 19.2 Å². The second-order valence-corrected chi connectivity index (χ2v) is 11.3. The Labute approximate surface area is 227 Å². The Morgan fingerprint density at radius 3 is 2.62 bits per heavy atom. The van der Waals surface area contributed by atoms with E-state index in [4.69, 9.17) is 0 Å². The molecule has 0 spiro atoms. The lowest BCUT2D eigenvalue weighted by atomic mass is 10.0. The maximum absolute atomic E-state index is 13.1. The predicted molar refractivity (Wildman–Crippen MR) is 148 cm³/mol. The molecule has 3 amide bonds. The lowest BCUT2D eigenvalue weighted by molar-refractivity contribution is -0.135. The largest absolute Gasteiger partial charge is 0.338 e. The van der Waals surface area contributed by atoms with Crippen LogP contribution in [-0.4, -0.2) is 56.3 Å². The van der Waals surface area contributed by atoms with Gasteiger partial charge in [-0.15, -0.1) is 0 Å². The zero-order valence-electron chi connectivity index (χ0n) is 20.4. The van der Waals surface area contributed by atoms with Gasteiger partial charge in [-0.05, 0) is 62.2 Å². The molecule has 2 aliphatic rings. The third kappa shape index (κ3) is 5.29. The van der Waals surface area contributed by atoms with Crippen LogP contribution in [0, 0.1) is 0 Å². The van der Waals surface area contributed by atoms with Crippen molar-refractivity contribution in [2.75, 3.05) is 13.1 Å². The number of thioether (sulfide) groups is 1. The molecule has 2 aliphatic heterocycles. The number of aromatic nitrogens is 1. The number of hydrogen-bond acceptors (Lipinski definition) is 5. The van der Waals surface area contributed by atoms with Gasteiger partial charge in [-0.1, -0.05) is 46.3 Å². The number of imide groups is 1. The summed E-state index contributed by atoms with van der Waals surface area (Å²) >= 11 is 4.34. The van der Waals surface area contributed by atoms with Gasteiger partial charge in [0.15, 0.2) is 5.78 Å². The molecule has 9 heteroatoms. The van der Waals surface area contributed by atoms with Crippen molar-refractivity contribution < 1.29 is 19.2 Å². The lowest BCUT2D eigenvalue weighted by Gasteiger charge is -2.33. The first kappa shape index (κ1) is 25.5. The highest BCUT2D eigenvalue weighted by molar-refractivity contribution is 9.10. The summed E-state index contributed by atoms with van der Waals surface area (Å²) in [5.74, 6) is -0.721. The van der Waals surface area contributed by atoms with E-state index in [1.807, 2.05) is 33.9 Å². The predicted octanol–water partition coefficient (Wildman–Crippen LogP) is 5.72. The fraction of sp³-hybridized carbons (Fsp3) is 0.286. The molecule has 190 valence electrons. The average molecular weight is 581 g/mol. The maximum Gasteiger partial charge on any atom is 0.293 e. The number of halogens is 1. The number of carbonyl (C=O) groups excluding carboxylic acids is 4. The van der Waals surface area contributed by atoms with Gasteiger partial charge in [-0.3, -0.25) is 24.1 Å². The number of ketones is 1. The molecule has 37 heavy (non-hydrogen) atoms. The van der Waals surface area contributed by atoms with Crippen LogP contribution < -0.4 is 0 Å². The highest BCUT2D eigenvalue weighted by Crippen LogP contribution is 2.35. The van der Waals surface area contributed by atoms with Crippen LogP contribution in [0.3, 0.4) is 0 Å². The summed E-state index contributed by atoms with van der Waals surface area (Å²) in [4.78, 5) is 54.7. The smallest absolute Gasteiger partial charge is 0.293 e. The van der Waals surface area contributed by atoms with Crippen LogP contribution in [0.15, 0.2) is 64.1 Å². The zero-order valence-corrected chi connectivity index (χ0v) is 22.8. The van der Waals surface area contributed by atoms with Crippen LogP contribution in [0.5, 0.6) is 0 Å². The molecule has 7 nitrogen and oxygen atoms in total. The molecular formula is C28H26BrN3O4S. The number of nitrogens with zero attached hydrogens (tertiary/aromatic N) is 3. The quantitative estimate of drug-likeness (QED) is 0.275. The monoisotopic (exact) mass is 579 g/mol. The molecular weight excluding hydrogens is 554 g/mol. The normalized spacial score (nSPS) is 19.3. The van der Waals surface area contributed by atoms with Gasteiger partial charge in [0, 0.05) is 45.3 Å². The van der Waals surface area contributed by atoms with Gasteiger partial charge in [0.05, 0.1) is 11.4 Å². The van der Waals surface area contributed by atoms with E-state index < -0.39 is 11.1 Å². The second kappa shape index (κ2) is 10.7.